The lowest BCUT2D eigenvalue weighted by atomic mass is 9.49. The maximum atomic E-state index is 2.64. The van der Waals surface area contributed by atoms with E-state index >= 15 is 0 Å². The summed E-state index contributed by atoms with van der Waals surface area (Å²) in [5.41, 5.74) is 0.758. The molecule has 19 heavy (non-hydrogen) atoms. The van der Waals surface area contributed by atoms with Gasteiger partial charge in [-0.2, -0.15) is 0 Å². The van der Waals surface area contributed by atoms with Crippen LogP contribution < -0.4 is 0 Å². The maximum absolute atomic E-state index is 2.64. The van der Waals surface area contributed by atoms with Gasteiger partial charge in [0.15, 0.2) is 0 Å². The highest BCUT2D eigenvalue weighted by molar-refractivity contribution is 5.03. The zero-order valence-electron chi connectivity index (χ0n) is 13.0. The molecule has 0 heterocycles. The molecule has 7 atom stereocenters. The Kier molecular flexibility index (Phi) is 3.01. The Hall–Kier alpha value is 0. The summed E-state index contributed by atoms with van der Waals surface area (Å²) in [6.45, 7) is 5.19. The lowest BCUT2D eigenvalue weighted by Crippen LogP contribution is -2.47. The molecule has 0 amide bonds. The summed E-state index contributed by atoms with van der Waals surface area (Å²) in [7, 11) is 0. The molecule has 0 spiro atoms. The van der Waals surface area contributed by atoms with Gasteiger partial charge in [-0.15, -0.1) is 0 Å². The fourth-order valence-electron chi connectivity index (χ4n) is 7.20. The maximum Gasteiger partial charge on any atom is -0.0295 e. The molecule has 108 valence electrons. The number of hydrogen-bond acceptors (Lipinski definition) is 0. The highest BCUT2D eigenvalue weighted by Crippen LogP contribution is 2.62. The first kappa shape index (κ1) is 12.7. The summed E-state index contributed by atoms with van der Waals surface area (Å²) in [6, 6.07) is 0. The second-order valence-corrected chi connectivity index (χ2v) is 8.83. The van der Waals surface area contributed by atoms with Crippen LogP contribution in [0.25, 0.3) is 0 Å². The summed E-state index contributed by atoms with van der Waals surface area (Å²) in [4.78, 5) is 0. The van der Waals surface area contributed by atoms with Gasteiger partial charge in [-0.05, 0) is 85.9 Å². The lowest BCUT2D eigenvalue weighted by molar-refractivity contribution is -0.0623. The molecular weight excluding hydrogens is 228 g/mol. The molecule has 0 bridgehead atoms. The largest absolute Gasteiger partial charge is 0.0622 e. The van der Waals surface area contributed by atoms with Crippen molar-refractivity contribution in [2.24, 2.45) is 40.9 Å². The SMILES string of the molecule is CC1CCC[C@H]2C1CC[C@@H]1[C@@H]2CC[C@]2(C)CCC[C@@H]12. The Morgan fingerprint density at radius 2 is 1.47 bits per heavy atom. The molecule has 4 aliphatic rings. The fourth-order valence-corrected chi connectivity index (χ4v) is 7.20. The van der Waals surface area contributed by atoms with E-state index in [1.807, 2.05) is 0 Å². The second kappa shape index (κ2) is 4.50. The summed E-state index contributed by atoms with van der Waals surface area (Å²) in [5.74, 6) is 6.67. The Morgan fingerprint density at radius 3 is 2.37 bits per heavy atom. The van der Waals surface area contributed by atoms with Gasteiger partial charge < -0.3 is 0 Å². The molecule has 2 unspecified atom stereocenters. The van der Waals surface area contributed by atoms with Crippen molar-refractivity contribution in [3.05, 3.63) is 0 Å². The van der Waals surface area contributed by atoms with Crippen molar-refractivity contribution >= 4 is 0 Å². The first-order valence-electron chi connectivity index (χ1n) is 9.19. The van der Waals surface area contributed by atoms with Gasteiger partial charge >= 0.3 is 0 Å². The van der Waals surface area contributed by atoms with Gasteiger partial charge in [-0.3, -0.25) is 0 Å². The molecule has 4 rings (SSSR count). The van der Waals surface area contributed by atoms with Crippen LogP contribution in [0.1, 0.15) is 78.1 Å². The summed E-state index contributed by atoms with van der Waals surface area (Å²) in [6.07, 6.45) is 15.6. The molecule has 0 aromatic carbocycles. The van der Waals surface area contributed by atoms with Crippen molar-refractivity contribution in [1.82, 2.24) is 0 Å². The number of fused-ring (bicyclic) bond motifs is 5. The predicted octanol–water partition coefficient (Wildman–Crippen LogP) is 5.67. The van der Waals surface area contributed by atoms with Crippen LogP contribution in [0.2, 0.25) is 0 Å². The Bertz CT molecular complexity index is 346. The molecule has 0 aliphatic heterocycles. The topological polar surface area (TPSA) is 0 Å². The zero-order chi connectivity index (χ0) is 13.0. The Labute approximate surface area is 119 Å². The average molecular weight is 260 g/mol. The van der Waals surface area contributed by atoms with E-state index < -0.39 is 0 Å². The van der Waals surface area contributed by atoms with Crippen LogP contribution in [0.5, 0.6) is 0 Å². The molecular formula is C19H32. The quantitative estimate of drug-likeness (QED) is 0.527. The van der Waals surface area contributed by atoms with Gasteiger partial charge in [-0.1, -0.05) is 33.1 Å². The van der Waals surface area contributed by atoms with Crippen molar-refractivity contribution < 1.29 is 0 Å². The third-order valence-corrected chi connectivity index (χ3v) is 8.13. The molecule has 0 heteroatoms. The van der Waals surface area contributed by atoms with Crippen LogP contribution in [0.4, 0.5) is 0 Å². The predicted molar refractivity (Wildman–Crippen MR) is 80.9 cm³/mol. The Morgan fingerprint density at radius 1 is 0.684 bits per heavy atom. The van der Waals surface area contributed by atoms with E-state index in [0.717, 1.165) is 40.9 Å². The van der Waals surface area contributed by atoms with Gasteiger partial charge in [0.1, 0.15) is 0 Å². The molecule has 4 fully saturated rings. The van der Waals surface area contributed by atoms with Gasteiger partial charge in [0.2, 0.25) is 0 Å². The highest BCUT2D eigenvalue weighted by Gasteiger charge is 2.53. The fraction of sp³-hybridized carbons (Fsp3) is 1.00. The van der Waals surface area contributed by atoms with Gasteiger partial charge in [0.05, 0.1) is 0 Å². The van der Waals surface area contributed by atoms with Crippen molar-refractivity contribution in [3.8, 4) is 0 Å². The van der Waals surface area contributed by atoms with Crippen LogP contribution in [0.3, 0.4) is 0 Å². The van der Waals surface area contributed by atoms with E-state index in [1.54, 1.807) is 44.9 Å². The van der Waals surface area contributed by atoms with E-state index in [1.165, 1.54) is 19.3 Å². The normalized spacial score (nSPS) is 57.2. The smallest absolute Gasteiger partial charge is 0.0295 e. The molecule has 0 aromatic rings. The van der Waals surface area contributed by atoms with Gasteiger partial charge in [0.25, 0.3) is 0 Å². The lowest BCUT2D eigenvalue weighted by Gasteiger charge is -2.56. The molecule has 4 saturated carbocycles. The highest BCUT2D eigenvalue weighted by atomic mass is 14.6. The molecule has 0 aromatic heterocycles. The molecule has 0 N–H and O–H groups in total. The first-order valence-corrected chi connectivity index (χ1v) is 9.19. The monoisotopic (exact) mass is 260 g/mol. The van der Waals surface area contributed by atoms with Crippen LogP contribution in [0, 0.1) is 40.9 Å². The van der Waals surface area contributed by atoms with Crippen LogP contribution in [0.15, 0.2) is 0 Å². The van der Waals surface area contributed by atoms with Crippen LogP contribution in [-0.4, -0.2) is 0 Å². The minimum atomic E-state index is 0.758. The van der Waals surface area contributed by atoms with Crippen molar-refractivity contribution in [2.75, 3.05) is 0 Å². The minimum absolute atomic E-state index is 0.758. The summed E-state index contributed by atoms with van der Waals surface area (Å²) in [5, 5.41) is 0. The van der Waals surface area contributed by atoms with Crippen LogP contribution >= 0.6 is 0 Å². The molecule has 4 aliphatic carbocycles. The van der Waals surface area contributed by atoms with Crippen molar-refractivity contribution in [2.45, 2.75) is 78.1 Å². The van der Waals surface area contributed by atoms with Gasteiger partial charge in [0, 0.05) is 0 Å². The van der Waals surface area contributed by atoms with E-state index in [0.29, 0.717) is 0 Å². The molecule has 0 nitrogen and oxygen atoms in total. The van der Waals surface area contributed by atoms with E-state index in [9.17, 15) is 0 Å². The van der Waals surface area contributed by atoms with E-state index in [4.69, 9.17) is 0 Å². The second-order valence-electron chi connectivity index (χ2n) is 8.83. The van der Waals surface area contributed by atoms with E-state index in [-0.39, 0.29) is 0 Å². The van der Waals surface area contributed by atoms with Crippen LogP contribution in [-0.2, 0) is 0 Å². The average Bonchev–Trinajstić information content (AvgIpc) is 2.80. The van der Waals surface area contributed by atoms with E-state index in [2.05, 4.69) is 13.8 Å². The minimum Gasteiger partial charge on any atom is -0.0622 e. The summed E-state index contributed by atoms with van der Waals surface area (Å²) >= 11 is 0. The number of hydrogen-bond donors (Lipinski definition) is 0. The molecule has 0 saturated heterocycles. The van der Waals surface area contributed by atoms with Crippen molar-refractivity contribution in [3.63, 3.8) is 0 Å². The zero-order valence-corrected chi connectivity index (χ0v) is 13.0. The Balaban J connectivity index is 1.59. The third-order valence-electron chi connectivity index (χ3n) is 8.13. The summed E-state index contributed by atoms with van der Waals surface area (Å²) < 4.78 is 0. The molecule has 0 radical (unpaired) electrons. The van der Waals surface area contributed by atoms with Crippen molar-refractivity contribution in [1.29, 1.82) is 0 Å². The third kappa shape index (κ3) is 1.84. The van der Waals surface area contributed by atoms with Gasteiger partial charge in [-0.25, -0.2) is 0 Å². The first-order chi connectivity index (χ1) is 9.19. The number of rotatable bonds is 0. The standard InChI is InChI=1S/C19H32/c1-13-5-3-6-15-14(13)8-9-17-16(15)10-12-19(2)11-4-7-18(17)19/h13-18H,3-12H2,1-2H3/t13?,14?,15-,16+,17+,18-,19-/m0/s1.